The lowest BCUT2D eigenvalue weighted by atomic mass is 10.2. The highest BCUT2D eigenvalue weighted by atomic mass is 16.2. The molecule has 4 rings (SSSR count). The molecule has 2 aliphatic heterocycles. The van der Waals surface area contributed by atoms with Crippen molar-refractivity contribution in [3.63, 3.8) is 0 Å². The second-order valence-corrected chi connectivity index (χ2v) is 7.57. The maximum atomic E-state index is 12.1. The first-order valence-corrected chi connectivity index (χ1v) is 10.3. The first-order chi connectivity index (χ1) is 14.2. The van der Waals surface area contributed by atoms with Gasteiger partial charge in [0.2, 0.25) is 5.91 Å². The minimum Gasteiger partial charge on any atom is -0.357 e. The van der Waals surface area contributed by atoms with Gasteiger partial charge >= 0.3 is 6.03 Å². The van der Waals surface area contributed by atoms with Gasteiger partial charge in [-0.1, -0.05) is 12.1 Å². The molecule has 2 saturated heterocycles. The molecule has 29 heavy (non-hydrogen) atoms. The van der Waals surface area contributed by atoms with Crippen LogP contribution in [0.4, 0.5) is 16.3 Å². The Labute approximate surface area is 171 Å². The molecule has 7 heteroatoms. The molecular weight excluding hydrogens is 366 g/mol. The van der Waals surface area contributed by atoms with Crippen LogP contribution in [0.15, 0.2) is 42.6 Å². The molecule has 1 aromatic heterocycles. The molecule has 0 bridgehead atoms. The molecule has 1 aromatic carbocycles. The van der Waals surface area contributed by atoms with Crippen LogP contribution in [0.1, 0.15) is 36.8 Å². The Bertz CT molecular complexity index is 862. The van der Waals surface area contributed by atoms with Crippen molar-refractivity contribution in [2.45, 2.75) is 38.8 Å². The predicted octanol–water partition coefficient (Wildman–Crippen LogP) is 2.81. The lowest BCUT2D eigenvalue weighted by Gasteiger charge is -2.17. The van der Waals surface area contributed by atoms with E-state index in [-0.39, 0.29) is 11.9 Å². The molecular formula is C22H27N5O2. The van der Waals surface area contributed by atoms with E-state index in [1.165, 1.54) is 12.8 Å². The smallest absolute Gasteiger partial charge is 0.315 e. The molecule has 3 heterocycles. The second-order valence-electron chi connectivity index (χ2n) is 7.57. The zero-order valence-electron chi connectivity index (χ0n) is 16.6. The van der Waals surface area contributed by atoms with Crippen LogP contribution in [-0.4, -0.2) is 36.6 Å². The maximum absolute atomic E-state index is 12.1. The van der Waals surface area contributed by atoms with E-state index < -0.39 is 0 Å². The molecule has 2 aliphatic rings. The second kappa shape index (κ2) is 8.94. The summed E-state index contributed by atoms with van der Waals surface area (Å²) in [6, 6.07) is 11.5. The number of amides is 3. The summed E-state index contributed by atoms with van der Waals surface area (Å²) >= 11 is 0. The Balaban J connectivity index is 1.24. The van der Waals surface area contributed by atoms with E-state index in [1.54, 1.807) is 6.20 Å². The molecule has 2 N–H and O–H groups in total. The maximum Gasteiger partial charge on any atom is 0.315 e. The number of urea groups is 1. The van der Waals surface area contributed by atoms with E-state index in [2.05, 4.69) is 20.5 Å². The summed E-state index contributed by atoms with van der Waals surface area (Å²) in [6.45, 7) is 3.79. The van der Waals surface area contributed by atoms with Crippen LogP contribution >= 0.6 is 0 Å². The highest BCUT2D eigenvalue weighted by Gasteiger charge is 2.21. The zero-order chi connectivity index (χ0) is 20.1. The van der Waals surface area contributed by atoms with Gasteiger partial charge in [-0.15, -0.1) is 0 Å². The number of pyridine rings is 1. The molecule has 7 nitrogen and oxygen atoms in total. The number of carbonyl (C=O) groups is 2. The molecule has 0 saturated carbocycles. The van der Waals surface area contributed by atoms with Crippen molar-refractivity contribution >= 4 is 23.4 Å². The SMILES string of the molecule is O=C(NCc1ccc(N2CCCC2=O)cc1)NCc1ccnc(N2CCCC2)c1. The van der Waals surface area contributed by atoms with Crippen LogP contribution in [0.25, 0.3) is 0 Å². The third-order valence-corrected chi connectivity index (χ3v) is 5.47. The predicted molar refractivity (Wildman–Crippen MR) is 113 cm³/mol. The quantitative estimate of drug-likeness (QED) is 0.791. The van der Waals surface area contributed by atoms with Crippen LogP contribution in [0.5, 0.6) is 0 Å². The van der Waals surface area contributed by atoms with Gasteiger partial charge in [-0.05, 0) is 54.7 Å². The number of carbonyl (C=O) groups excluding carboxylic acids is 2. The van der Waals surface area contributed by atoms with Crippen LogP contribution in [0.2, 0.25) is 0 Å². The van der Waals surface area contributed by atoms with Gasteiger partial charge in [0.05, 0.1) is 0 Å². The molecule has 3 amide bonds. The summed E-state index contributed by atoms with van der Waals surface area (Å²) in [5, 5.41) is 5.78. The number of nitrogens with zero attached hydrogens (tertiary/aromatic N) is 3. The minimum absolute atomic E-state index is 0.180. The van der Waals surface area contributed by atoms with E-state index in [1.807, 2.05) is 41.3 Å². The average molecular weight is 393 g/mol. The third-order valence-electron chi connectivity index (χ3n) is 5.47. The molecule has 0 aliphatic carbocycles. The summed E-state index contributed by atoms with van der Waals surface area (Å²) in [7, 11) is 0. The summed E-state index contributed by atoms with van der Waals surface area (Å²) in [5.41, 5.74) is 2.96. The van der Waals surface area contributed by atoms with Gasteiger partial charge < -0.3 is 20.4 Å². The molecule has 0 atom stereocenters. The van der Waals surface area contributed by atoms with Gasteiger partial charge in [0.15, 0.2) is 0 Å². The van der Waals surface area contributed by atoms with Crippen LogP contribution in [-0.2, 0) is 17.9 Å². The fourth-order valence-corrected chi connectivity index (χ4v) is 3.83. The molecule has 0 spiro atoms. The first kappa shape index (κ1) is 19.2. The number of rotatable bonds is 6. The minimum atomic E-state index is -0.205. The molecule has 2 fully saturated rings. The number of hydrogen-bond acceptors (Lipinski definition) is 4. The number of nitrogens with one attached hydrogen (secondary N) is 2. The Morgan fingerprint density at radius 3 is 2.34 bits per heavy atom. The van der Waals surface area contributed by atoms with Crippen molar-refractivity contribution in [2.24, 2.45) is 0 Å². The van der Waals surface area contributed by atoms with E-state index in [4.69, 9.17) is 0 Å². The van der Waals surface area contributed by atoms with Gasteiger partial charge in [-0.2, -0.15) is 0 Å². The first-order valence-electron chi connectivity index (χ1n) is 10.3. The monoisotopic (exact) mass is 393 g/mol. The average Bonchev–Trinajstić information content (AvgIpc) is 3.43. The van der Waals surface area contributed by atoms with E-state index >= 15 is 0 Å². The Hall–Kier alpha value is -3.09. The van der Waals surface area contributed by atoms with Crippen molar-refractivity contribution in [3.05, 3.63) is 53.7 Å². The van der Waals surface area contributed by atoms with Crippen LogP contribution in [0, 0.1) is 0 Å². The zero-order valence-corrected chi connectivity index (χ0v) is 16.6. The standard InChI is InChI=1S/C22H27N5O2/c28-21-4-3-13-27(21)19-7-5-17(6-8-19)15-24-22(29)25-16-18-9-10-23-20(14-18)26-11-1-2-12-26/h5-10,14H,1-4,11-13,15-16H2,(H2,24,25,29). The van der Waals surface area contributed by atoms with E-state index in [0.717, 1.165) is 48.7 Å². The Morgan fingerprint density at radius 2 is 1.66 bits per heavy atom. The Morgan fingerprint density at radius 1 is 0.931 bits per heavy atom. The number of aromatic nitrogens is 1. The highest BCUT2D eigenvalue weighted by Crippen LogP contribution is 2.21. The van der Waals surface area contributed by atoms with Gasteiger partial charge in [0, 0.05) is 51.0 Å². The lowest BCUT2D eigenvalue weighted by molar-refractivity contribution is -0.117. The fourth-order valence-electron chi connectivity index (χ4n) is 3.83. The molecule has 2 aromatic rings. The van der Waals surface area contributed by atoms with Gasteiger partial charge in [0.1, 0.15) is 5.82 Å². The van der Waals surface area contributed by atoms with E-state index in [9.17, 15) is 9.59 Å². The van der Waals surface area contributed by atoms with Crippen LogP contribution in [0.3, 0.4) is 0 Å². The summed E-state index contributed by atoms with van der Waals surface area (Å²) < 4.78 is 0. The van der Waals surface area contributed by atoms with Gasteiger partial charge in [-0.25, -0.2) is 9.78 Å². The van der Waals surface area contributed by atoms with Crippen LogP contribution < -0.4 is 20.4 Å². The van der Waals surface area contributed by atoms with Crippen molar-refractivity contribution in [1.29, 1.82) is 0 Å². The van der Waals surface area contributed by atoms with Crippen molar-refractivity contribution in [2.75, 3.05) is 29.4 Å². The van der Waals surface area contributed by atoms with Gasteiger partial charge in [-0.3, -0.25) is 4.79 Å². The molecule has 0 unspecified atom stereocenters. The van der Waals surface area contributed by atoms with Gasteiger partial charge in [0.25, 0.3) is 0 Å². The van der Waals surface area contributed by atoms with Crippen molar-refractivity contribution in [3.8, 4) is 0 Å². The number of hydrogen-bond donors (Lipinski definition) is 2. The van der Waals surface area contributed by atoms with E-state index in [0.29, 0.717) is 19.5 Å². The lowest BCUT2D eigenvalue weighted by Crippen LogP contribution is -2.34. The fraction of sp³-hybridized carbons (Fsp3) is 0.409. The van der Waals surface area contributed by atoms with Crippen molar-refractivity contribution in [1.82, 2.24) is 15.6 Å². The highest BCUT2D eigenvalue weighted by molar-refractivity contribution is 5.95. The number of benzene rings is 1. The topological polar surface area (TPSA) is 77.6 Å². The molecule has 0 radical (unpaired) electrons. The normalized spacial score (nSPS) is 16.3. The summed E-state index contributed by atoms with van der Waals surface area (Å²) in [4.78, 5) is 32.5. The van der Waals surface area contributed by atoms with Crippen molar-refractivity contribution < 1.29 is 9.59 Å². The molecule has 152 valence electrons. The summed E-state index contributed by atoms with van der Waals surface area (Å²) in [6.07, 6.45) is 5.76. The number of anilines is 2. The summed E-state index contributed by atoms with van der Waals surface area (Å²) in [5.74, 6) is 1.16. The third kappa shape index (κ3) is 4.85. The largest absolute Gasteiger partial charge is 0.357 e. The Kier molecular flexibility index (Phi) is 5.93.